The fourth-order valence-electron chi connectivity index (χ4n) is 2.57. The van der Waals surface area contributed by atoms with E-state index in [1.54, 1.807) is 20.2 Å². The van der Waals surface area contributed by atoms with Crippen LogP contribution in [0.2, 0.25) is 0 Å². The molecular weight excluding hydrogens is 268 g/mol. The molecule has 0 radical (unpaired) electrons. The van der Waals surface area contributed by atoms with Crippen molar-refractivity contribution in [3.63, 3.8) is 0 Å². The van der Waals surface area contributed by atoms with Crippen LogP contribution in [-0.4, -0.2) is 29.5 Å². The number of benzene rings is 1. The first-order valence-corrected chi connectivity index (χ1v) is 6.52. The number of rotatable bonds is 1. The molecule has 1 aromatic carbocycles. The van der Waals surface area contributed by atoms with Crippen LogP contribution in [0.4, 0.5) is 0 Å². The van der Waals surface area contributed by atoms with Crippen LogP contribution in [0.25, 0.3) is 27.8 Å². The van der Waals surface area contributed by atoms with E-state index in [-0.39, 0.29) is 5.56 Å². The van der Waals surface area contributed by atoms with Gasteiger partial charge in [-0.15, -0.1) is 0 Å². The molecule has 0 aliphatic carbocycles. The van der Waals surface area contributed by atoms with Gasteiger partial charge in [0.1, 0.15) is 11.3 Å². The highest BCUT2D eigenvalue weighted by Gasteiger charge is 2.14. The third-order valence-corrected chi connectivity index (χ3v) is 3.49. The summed E-state index contributed by atoms with van der Waals surface area (Å²) in [5, 5.41) is 10.2. The standard InChI is InChI=1S/C14H12N6O/c1-8-16-14(19(2)18-8)20-13(21)12-10(7-15-20)9-5-3-4-6-11(9)17-12/h3-7,17H,1-2H3. The predicted molar refractivity (Wildman–Crippen MR) is 78.5 cm³/mol. The maximum Gasteiger partial charge on any atom is 0.298 e. The first-order valence-electron chi connectivity index (χ1n) is 6.52. The number of para-hydroxylation sites is 1. The first-order chi connectivity index (χ1) is 10.1. The zero-order chi connectivity index (χ0) is 14.6. The number of nitrogens with one attached hydrogen (secondary N) is 1. The van der Waals surface area contributed by atoms with Crippen LogP contribution in [-0.2, 0) is 7.05 Å². The average Bonchev–Trinajstić information content (AvgIpc) is 3.00. The topological polar surface area (TPSA) is 81.4 Å². The lowest BCUT2D eigenvalue weighted by Crippen LogP contribution is -2.24. The number of aromatic amines is 1. The molecule has 0 spiro atoms. The van der Waals surface area contributed by atoms with Gasteiger partial charge in [0.05, 0.1) is 6.20 Å². The highest BCUT2D eigenvalue weighted by Crippen LogP contribution is 2.22. The molecular formula is C14H12N6O. The Labute approximate surface area is 118 Å². The van der Waals surface area contributed by atoms with E-state index in [0.717, 1.165) is 16.3 Å². The van der Waals surface area contributed by atoms with E-state index in [1.165, 1.54) is 9.36 Å². The number of aromatic nitrogens is 6. The van der Waals surface area contributed by atoms with Gasteiger partial charge in [-0.3, -0.25) is 4.79 Å². The molecule has 0 saturated heterocycles. The van der Waals surface area contributed by atoms with Crippen molar-refractivity contribution < 1.29 is 0 Å². The molecule has 21 heavy (non-hydrogen) atoms. The molecule has 4 aromatic rings. The Morgan fingerprint density at radius 3 is 2.76 bits per heavy atom. The summed E-state index contributed by atoms with van der Waals surface area (Å²) in [6, 6.07) is 7.76. The van der Waals surface area contributed by atoms with Crippen molar-refractivity contribution in [1.82, 2.24) is 29.5 Å². The van der Waals surface area contributed by atoms with Crippen molar-refractivity contribution in [3.05, 3.63) is 46.6 Å². The molecule has 0 bridgehead atoms. The minimum Gasteiger partial charge on any atom is -0.350 e. The minimum atomic E-state index is -0.237. The van der Waals surface area contributed by atoms with Gasteiger partial charge in [-0.1, -0.05) is 18.2 Å². The molecule has 4 rings (SSSR count). The zero-order valence-electron chi connectivity index (χ0n) is 11.5. The monoisotopic (exact) mass is 280 g/mol. The Morgan fingerprint density at radius 2 is 2.00 bits per heavy atom. The summed E-state index contributed by atoms with van der Waals surface area (Å²) in [5.74, 6) is 0.996. The second kappa shape index (κ2) is 4.02. The van der Waals surface area contributed by atoms with Crippen molar-refractivity contribution in [2.45, 2.75) is 6.92 Å². The molecule has 7 heteroatoms. The number of nitrogens with zero attached hydrogens (tertiary/aromatic N) is 5. The SMILES string of the molecule is Cc1nc(-n2ncc3c([nH]c4ccccc43)c2=O)n(C)n1. The summed E-state index contributed by atoms with van der Waals surface area (Å²) in [6.07, 6.45) is 1.68. The summed E-state index contributed by atoms with van der Waals surface area (Å²) in [7, 11) is 1.73. The number of hydrogen-bond donors (Lipinski definition) is 1. The van der Waals surface area contributed by atoms with Crippen LogP contribution < -0.4 is 5.56 Å². The van der Waals surface area contributed by atoms with E-state index in [9.17, 15) is 4.79 Å². The third-order valence-electron chi connectivity index (χ3n) is 3.49. The van der Waals surface area contributed by atoms with Gasteiger partial charge in [-0.25, -0.2) is 4.68 Å². The molecule has 0 fully saturated rings. The van der Waals surface area contributed by atoms with Gasteiger partial charge in [0.2, 0.25) is 0 Å². The van der Waals surface area contributed by atoms with Gasteiger partial charge in [0, 0.05) is 23.3 Å². The highest BCUT2D eigenvalue weighted by molar-refractivity contribution is 6.06. The van der Waals surface area contributed by atoms with Crippen molar-refractivity contribution >= 4 is 21.8 Å². The van der Waals surface area contributed by atoms with Crippen LogP contribution in [0, 0.1) is 6.92 Å². The summed E-state index contributed by atoms with van der Waals surface area (Å²) < 4.78 is 2.80. The van der Waals surface area contributed by atoms with E-state index < -0.39 is 0 Å². The fourth-order valence-corrected chi connectivity index (χ4v) is 2.57. The Morgan fingerprint density at radius 1 is 1.19 bits per heavy atom. The van der Waals surface area contributed by atoms with Crippen LogP contribution >= 0.6 is 0 Å². The molecule has 0 atom stereocenters. The molecule has 7 nitrogen and oxygen atoms in total. The van der Waals surface area contributed by atoms with E-state index in [2.05, 4.69) is 20.2 Å². The zero-order valence-corrected chi connectivity index (χ0v) is 11.5. The fraction of sp³-hybridized carbons (Fsp3) is 0.143. The van der Waals surface area contributed by atoms with Crippen molar-refractivity contribution in [1.29, 1.82) is 0 Å². The second-order valence-corrected chi connectivity index (χ2v) is 4.90. The van der Waals surface area contributed by atoms with Crippen molar-refractivity contribution in [3.8, 4) is 5.95 Å². The minimum absolute atomic E-state index is 0.237. The second-order valence-electron chi connectivity index (χ2n) is 4.90. The Bertz CT molecular complexity index is 1040. The molecule has 0 saturated carbocycles. The normalized spacial score (nSPS) is 11.5. The lowest BCUT2D eigenvalue weighted by molar-refractivity contribution is 0.668. The van der Waals surface area contributed by atoms with E-state index in [1.807, 2.05) is 24.3 Å². The average molecular weight is 280 g/mol. The van der Waals surface area contributed by atoms with Crippen LogP contribution in [0.1, 0.15) is 5.82 Å². The molecule has 3 heterocycles. The van der Waals surface area contributed by atoms with Crippen LogP contribution in [0.15, 0.2) is 35.3 Å². The summed E-state index contributed by atoms with van der Waals surface area (Å²) in [6.45, 7) is 1.77. The maximum atomic E-state index is 12.6. The molecule has 1 N–H and O–H groups in total. The van der Waals surface area contributed by atoms with E-state index >= 15 is 0 Å². The van der Waals surface area contributed by atoms with Crippen molar-refractivity contribution in [2.75, 3.05) is 0 Å². The number of fused-ring (bicyclic) bond motifs is 3. The van der Waals surface area contributed by atoms with Gasteiger partial charge in [-0.2, -0.15) is 19.9 Å². The Balaban J connectivity index is 2.09. The summed E-state index contributed by atoms with van der Waals surface area (Å²) in [5.41, 5.74) is 1.20. The maximum absolute atomic E-state index is 12.6. The number of aryl methyl sites for hydroxylation is 2. The molecule has 0 aliphatic heterocycles. The quantitative estimate of drug-likeness (QED) is 0.570. The molecule has 0 amide bonds. The van der Waals surface area contributed by atoms with Crippen LogP contribution in [0.5, 0.6) is 0 Å². The lowest BCUT2D eigenvalue weighted by Gasteiger charge is -2.01. The Hall–Kier alpha value is -2.96. The van der Waals surface area contributed by atoms with Gasteiger partial charge in [-0.05, 0) is 13.0 Å². The smallest absolute Gasteiger partial charge is 0.298 e. The summed E-state index contributed by atoms with van der Waals surface area (Å²) >= 11 is 0. The van der Waals surface area contributed by atoms with E-state index in [0.29, 0.717) is 17.3 Å². The lowest BCUT2D eigenvalue weighted by atomic mass is 10.2. The molecule has 3 aromatic heterocycles. The van der Waals surface area contributed by atoms with Gasteiger partial charge in [0.15, 0.2) is 0 Å². The van der Waals surface area contributed by atoms with Gasteiger partial charge < -0.3 is 4.98 Å². The largest absolute Gasteiger partial charge is 0.350 e. The number of H-pyrrole nitrogens is 1. The van der Waals surface area contributed by atoms with Gasteiger partial charge in [0.25, 0.3) is 11.5 Å². The van der Waals surface area contributed by atoms with E-state index in [4.69, 9.17) is 0 Å². The first kappa shape index (κ1) is 11.8. The molecule has 0 aliphatic rings. The third kappa shape index (κ3) is 1.60. The van der Waals surface area contributed by atoms with Crippen molar-refractivity contribution in [2.24, 2.45) is 7.05 Å². The predicted octanol–water partition coefficient (Wildman–Crippen LogP) is 1.30. The molecule has 0 unspecified atom stereocenters. The summed E-state index contributed by atoms with van der Waals surface area (Å²) in [4.78, 5) is 20.0. The highest BCUT2D eigenvalue weighted by atomic mass is 16.1. The van der Waals surface area contributed by atoms with Gasteiger partial charge >= 0.3 is 0 Å². The Kier molecular flexibility index (Phi) is 2.26. The molecule has 104 valence electrons. The van der Waals surface area contributed by atoms with Crippen LogP contribution in [0.3, 0.4) is 0 Å². The number of hydrogen-bond acceptors (Lipinski definition) is 4.